The van der Waals surface area contributed by atoms with E-state index in [-0.39, 0.29) is 17.3 Å². The van der Waals surface area contributed by atoms with Gasteiger partial charge in [-0.2, -0.15) is 0 Å². The maximum atomic E-state index is 10.00. The summed E-state index contributed by atoms with van der Waals surface area (Å²) in [5, 5.41) is 10.00. The number of aliphatic hydroxyl groups excluding tert-OH is 1. The van der Waals surface area contributed by atoms with Crippen molar-refractivity contribution in [3.63, 3.8) is 0 Å². The Morgan fingerprint density at radius 1 is 1.19 bits per heavy atom. The molecule has 3 heteroatoms. The third-order valence-corrected chi connectivity index (χ3v) is 3.37. The molecule has 1 aliphatic heterocycles. The van der Waals surface area contributed by atoms with E-state index in [9.17, 15) is 5.11 Å². The number of rotatable bonds is 3. The fourth-order valence-electron chi connectivity index (χ4n) is 2.97. The predicted octanol–water partition coefficient (Wildman–Crippen LogP) is 1.65. The Balaban J connectivity index is 1.93. The zero-order valence-electron chi connectivity index (χ0n) is 11.0. The van der Waals surface area contributed by atoms with E-state index in [4.69, 9.17) is 4.74 Å². The number of nitrogens with zero attached hydrogens (tertiary/aromatic N) is 1. The maximum absolute atomic E-state index is 10.00. The minimum atomic E-state index is -0.135. The molecule has 0 bridgehead atoms. The Labute approximate surface area is 98.8 Å². The van der Waals surface area contributed by atoms with E-state index in [0.717, 1.165) is 19.6 Å². The largest absolute Gasteiger partial charge is 0.392 e. The monoisotopic (exact) mass is 227 g/mol. The lowest BCUT2D eigenvalue weighted by Crippen LogP contribution is -2.58. The van der Waals surface area contributed by atoms with Crippen LogP contribution in [0.1, 0.15) is 40.5 Å². The van der Waals surface area contributed by atoms with Gasteiger partial charge in [0.2, 0.25) is 0 Å². The fourth-order valence-corrected chi connectivity index (χ4v) is 2.97. The zero-order chi connectivity index (χ0) is 12.0. The number of aliphatic hydroxyl groups is 1. The maximum Gasteiger partial charge on any atom is 0.0760 e. The van der Waals surface area contributed by atoms with Crippen molar-refractivity contribution < 1.29 is 9.84 Å². The Hall–Kier alpha value is -0.120. The van der Waals surface area contributed by atoms with Crippen LogP contribution in [-0.2, 0) is 4.74 Å². The van der Waals surface area contributed by atoms with Gasteiger partial charge in [0.25, 0.3) is 0 Å². The van der Waals surface area contributed by atoms with E-state index in [1.807, 2.05) is 0 Å². The molecule has 1 saturated carbocycles. The Kier molecular flexibility index (Phi) is 3.06. The molecular weight excluding hydrogens is 202 g/mol. The van der Waals surface area contributed by atoms with Gasteiger partial charge in [-0.15, -0.1) is 0 Å². The van der Waals surface area contributed by atoms with Crippen LogP contribution in [0.25, 0.3) is 0 Å². The molecule has 1 N–H and O–H groups in total. The summed E-state index contributed by atoms with van der Waals surface area (Å²) in [6.45, 7) is 11.2. The lowest BCUT2D eigenvalue weighted by Gasteiger charge is -2.47. The van der Waals surface area contributed by atoms with Gasteiger partial charge in [0, 0.05) is 19.6 Å². The molecule has 2 aliphatic rings. The van der Waals surface area contributed by atoms with E-state index in [1.54, 1.807) is 0 Å². The minimum Gasteiger partial charge on any atom is -0.392 e. The van der Waals surface area contributed by atoms with Crippen molar-refractivity contribution >= 4 is 0 Å². The standard InChI is InChI=1S/C13H25NO2/c1-12(2)8-14(9-13(3,4)16-12)7-11(15)10-5-6-10/h10-11,15H,5-9H2,1-4H3. The van der Waals surface area contributed by atoms with E-state index < -0.39 is 0 Å². The van der Waals surface area contributed by atoms with E-state index in [1.165, 1.54) is 12.8 Å². The first-order valence-corrected chi connectivity index (χ1v) is 6.38. The van der Waals surface area contributed by atoms with Gasteiger partial charge in [-0.25, -0.2) is 0 Å². The molecule has 94 valence electrons. The molecule has 0 radical (unpaired) electrons. The SMILES string of the molecule is CC1(C)CN(CC(O)C2CC2)CC(C)(C)O1. The molecule has 1 heterocycles. The van der Waals surface area contributed by atoms with Crippen LogP contribution in [0.4, 0.5) is 0 Å². The van der Waals surface area contributed by atoms with Crippen molar-refractivity contribution in [1.29, 1.82) is 0 Å². The number of morpholine rings is 1. The third-order valence-electron chi connectivity index (χ3n) is 3.37. The van der Waals surface area contributed by atoms with Crippen molar-refractivity contribution in [1.82, 2.24) is 4.90 Å². The van der Waals surface area contributed by atoms with Crippen molar-refractivity contribution in [3.05, 3.63) is 0 Å². The van der Waals surface area contributed by atoms with Crippen LogP contribution in [0.5, 0.6) is 0 Å². The molecule has 1 saturated heterocycles. The Bertz CT molecular complexity index is 243. The molecule has 2 rings (SSSR count). The second kappa shape index (κ2) is 3.97. The fraction of sp³-hybridized carbons (Fsp3) is 1.00. The highest BCUT2D eigenvalue weighted by molar-refractivity contribution is 4.91. The van der Waals surface area contributed by atoms with Crippen molar-refractivity contribution in [2.24, 2.45) is 5.92 Å². The van der Waals surface area contributed by atoms with Crippen LogP contribution in [0.2, 0.25) is 0 Å². The van der Waals surface area contributed by atoms with Crippen LogP contribution >= 0.6 is 0 Å². The normalized spacial score (nSPS) is 31.3. The van der Waals surface area contributed by atoms with Gasteiger partial charge < -0.3 is 9.84 Å². The van der Waals surface area contributed by atoms with Gasteiger partial charge in [-0.1, -0.05) is 0 Å². The molecule has 1 unspecified atom stereocenters. The highest BCUT2D eigenvalue weighted by atomic mass is 16.5. The molecule has 0 aromatic rings. The van der Waals surface area contributed by atoms with E-state index >= 15 is 0 Å². The lowest BCUT2D eigenvalue weighted by atomic mass is 9.98. The topological polar surface area (TPSA) is 32.7 Å². The summed E-state index contributed by atoms with van der Waals surface area (Å²) in [5.74, 6) is 0.564. The molecule has 3 nitrogen and oxygen atoms in total. The van der Waals surface area contributed by atoms with Gasteiger partial charge >= 0.3 is 0 Å². The first-order valence-electron chi connectivity index (χ1n) is 6.38. The highest BCUT2D eigenvalue weighted by Crippen LogP contribution is 2.34. The Morgan fingerprint density at radius 2 is 1.69 bits per heavy atom. The molecule has 0 aromatic heterocycles. The highest BCUT2D eigenvalue weighted by Gasteiger charge is 2.40. The number of hydrogen-bond donors (Lipinski definition) is 1. The molecule has 2 fully saturated rings. The van der Waals surface area contributed by atoms with Crippen molar-refractivity contribution in [2.75, 3.05) is 19.6 Å². The second-order valence-electron chi connectivity index (χ2n) is 6.70. The minimum absolute atomic E-state index is 0.106. The third kappa shape index (κ3) is 3.19. The average molecular weight is 227 g/mol. The molecule has 1 atom stereocenters. The quantitative estimate of drug-likeness (QED) is 0.795. The van der Waals surface area contributed by atoms with Crippen LogP contribution < -0.4 is 0 Å². The number of ether oxygens (including phenoxy) is 1. The van der Waals surface area contributed by atoms with E-state index in [0.29, 0.717) is 5.92 Å². The summed E-state index contributed by atoms with van der Waals surface area (Å²) in [7, 11) is 0. The van der Waals surface area contributed by atoms with Gasteiger partial charge in [-0.05, 0) is 46.5 Å². The first kappa shape index (κ1) is 12.3. The molecule has 1 aliphatic carbocycles. The van der Waals surface area contributed by atoms with Crippen LogP contribution in [0.3, 0.4) is 0 Å². The van der Waals surface area contributed by atoms with Crippen molar-refractivity contribution in [2.45, 2.75) is 57.8 Å². The second-order valence-corrected chi connectivity index (χ2v) is 6.70. The molecule has 16 heavy (non-hydrogen) atoms. The van der Waals surface area contributed by atoms with Gasteiger partial charge in [0.15, 0.2) is 0 Å². The summed E-state index contributed by atoms with van der Waals surface area (Å²) in [4.78, 5) is 2.35. The average Bonchev–Trinajstić information content (AvgIpc) is 2.77. The lowest BCUT2D eigenvalue weighted by molar-refractivity contribution is -0.184. The molecule has 0 spiro atoms. The molecule has 0 aromatic carbocycles. The predicted molar refractivity (Wildman–Crippen MR) is 64.4 cm³/mol. The number of hydrogen-bond acceptors (Lipinski definition) is 3. The van der Waals surface area contributed by atoms with Gasteiger partial charge in [0.05, 0.1) is 17.3 Å². The zero-order valence-corrected chi connectivity index (χ0v) is 11.0. The van der Waals surface area contributed by atoms with Crippen LogP contribution in [-0.4, -0.2) is 46.9 Å². The van der Waals surface area contributed by atoms with Crippen LogP contribution in [0, 0.1) is 5.92 Å². The molecule has 0 amide bonds. The first-order chi connectivity index (χ1) is 7.27. The summed E-state index contributed by atoms with van der Waals surface area (Å²) >= 11 is 0. The Morgan fingerprint density at radius 3 is 2.12 bits per heavy atom. The van der Waals surface area contributed by atoms with Gasteiger partial charge in [0.1, 0.15) is 0 Å². The van der Waals surface area contributed by atoms with Crippen LogP contribution in [0.15, 0.2) is 0 Å². The summed E-state index contributed by atoms with van der Waals surface area (Å²) < 4.78 is 6.03. The molecular formula is C13H25NO2. The van der Waals surface area contributed by atoms with E-state index in [2.05, 4.69) is 32.6 Å². The smallest absolute Gasteiger partial charge is 0.0760 e. The summed E-state index contributed by atoms with van der Waals surface area (Å²) in [6, 6.07) is 0. The summed E-state index contributed by atoms with van der Waals surface area (Å²) in [5.41, 5.74) is -0.212. The van der Waals surface area contributed by atoms with Crippen molar-refractivity contribution in [3.8, 4) is 0 Å². The summed E-state index contributed by atoms with van der Waals surface area (Å²) in [6.07, 6.45) is 2.28. The number of β-amino-alcohol motifs (C(OH)–C–C–N with tert-alkyl or cyclic N) is 1. The van der Waals surface area contributed by atoms with Gasteiger partial charge in [-0.3, -0.25) is 4.90 Å².